The molecule has 1 atom stereocenters. The van der Waals surface area contributed by atoms with Crippen molar-refractivity contribution in [3.8, 4) is 0 Å². The molecule has 138 valence electrons. The molecule has 1 aliphatic heterocycles. The van der Waals surface area contributed by atoms with Gasteiger partial charge in [-0.25, -0.2) is 4.39 Å². The largest absolute Gasteiger partial charge is 0.379 e. The molecule has 2 heterocycles. The van der Waals surface area contributed by atoms with Crippen LogP contribution in [0.2, 0.25) is 0 Å². The molecule has 26 heavy (non-hydrogen) atoms. The first-order valence-corrected chi connectivity index (χ1v) is 7.47. The minimum atomic E-state index is -1.18. The van der Waals surface area contributed by atoms with Gasteiger partial charge >= 0.3 is 0 Å². The number of hydrogen-bond acceptors (Lipinski definition) is 5. The van der Waals surface area contributed by atoms with E-state index in [0.717, 1.165) is 6.07 Å². The lowest BCUT2D eigenvalue weighted by Crippen LogP contribution is -2.52. The standard InChI is InChI=1S/C16H17FN6O2.ClH/c1-16(11-5-9(14(19)24)3-4-12(11)17)8-23(15(25)13(18)21-16)10-6-20-22(2)7-10;/h3-7H,8H2,1-2H3,(H2,18,21)(H2,19,24);1H. The predicted molar refractivity (Wildman–Crippen MR) is 96.7 cm³/mol. The second kappa shape index (κ2) is 6.75. The molecule has 1 aromatic heterocycles. The molecule has 4 N–H and O–H groups in total. The van der Waals surface area contributed by atoms with Crippen LogP contribution in [0.25, 0.3) is 0 Å². The second-order valence-electron chi connectivity index (χ2n) is 6.09. The molecule has 2 amide bonds. The van der Waals surface area contributed by atoms with Crippen LogP contribution in [0.5, 0.6) is 0 Å². The predicted octanol–water partition coefficient (Wildman–Crippen LogP) is 0.699. The summed E-state index contributed by atoms with van der Waals surface area (Å²) in [5.41, 5.74) is 10.7. The maximum atomic E-state index is 14.4. The van der Waals surface area contributed by atoms with Gasteiger partial charge in [0.05, 0.1) is 18.4 Å². The summed E-state index contributed by atoms with van der Waals surface area (Å²) >= 11 is 0. The van der Waals surface area contributed by atoms with E-state index in [2.05, 4.69) is 10.1 Å². The average molecular weight is 381 g/mol. The molecule has 1 aliphatic rings. The molecule has 10 heteroatoms. The Kier molecular flexibility index (Phi) is 5.04. The van der Waals surface area contributed by atoms with Crippen molar-refractivity contribution in [2.75, 3.05) is 11.4 Å². The van der Waals surface area contributed by atoms with Crippen LogP contribution in [-0.2, 0) is 17.4 Å². The number of carbonyl (C=O) groups excluding carboxylic acids is 2. The van der Waals surface area contributed by atoms with E-state index in [1.807, 2.05) is 0 Å². The van der Waals surface area contributed by atoms with Crippen LogP contribution >= 0.6 is 12.4 Å². The van der Waals surface area contributed by atoms with Crippen molar-refractivity contribution in [2.45, 2.75) is 12.5 Å². The van der Waals surface area contributed by atoms with Gasteiger partial charge in [-0.2, -0.15) is 5.10 Å². The first kappa shape index (κ1) is 19.4. The number of rotatable bonds is 3. The highest BCUT2D eigenvalue weighted by Crippen LogP contribution is 2.34. The smallest absolute Gasteiger partial charge is 0.293 e. The van der Waals surface area contributed by atoms with Crippen LogP contribution in [0, 0.1) is 5.82 Å². The van der Waals surface area contributed by atoms with Crippen molar-refractivity contribution in [3.63, 3.8) is 0 Å². The van der Waals surface area contributed by atoms with E-state index in [-0.39, 0.29) is 35.9 Å². The highest BCUT2D eigenvalue weighted by molar-refractivity contribution is 6.42. The first-order chi connectivity index (χ1) is 11.7. The number of amidine groups is 1. The van der Waals surface area contributed by atoms with Crippen molar-refractivity contribution in [2.24, 2.45) is 23.5 Å². The van der Waals surface area contributed by atoms with Gasteiger partial charge < -0.3 is 11.5 Å². The Morgan fingerprint density at radius 2 is 2.08 bits per heavy atom. The second-order valence-corrected chi connectivity index (χ2v) is 6.09. The monoisotopic (exact) mass is 380 g/mol. The molecule has 2 aromatic rings. The summed E-state index contributed by atoms with van der Waals surface area (Å²) in [4.78, 5) is 29.4. The minimum absolute atomic E-state index is 0. The number of aromatic nitrogens is 2. The number of aryl methyl sites for hydroxylation is 1. The number of nitrogens with zero attached hydrogens (tertiary/aromatic N) is 4. The Bertz CT molecular complexity index is 912. The molecule has 1 aromatic carbocycles. The van der Waals surface area contributed by atoms with Crippen LogP contribution in [0.1, 0.15) is 22.8 Å². The number of aliphatic imine (C=N–C) groups is 1. The number of carbonyl (C=O) groups is 2. The van der Waals surface area contributed by atoms with Gasteiger partial charge in [0.25, 0.3) is 5.91 Å². The first-order valence-electron chi connectivity index (χ1n) is 7.47. The van der Waals surface area contributed by atoms with Crippen molar-refractivity contribution < 1.29 is 14.0 Å². The van der Waals surface area contributed by atoms with Gasteiger partial charge in [-0.1, -0.05) is 0 Å². The number of benzene rings is 1. The molecule has 0 bridgehead atoms. The van der Waals surface area contributed by atoms with Crippen molar-refractivity contribution in [3.05, 3.63) is 47.5 Å². The lowest BCUT2D eigenvalue weighted by atomic mass is 9.88. The summed E-state index contributed by atoms with van der Waals surface area (Å²) in [6.45, 7) is 1.68. The summed E-state index contributed by atoms with van der Waals surface area (Å²) in [5.74, 6) is -1.99. The van der Waals surface area contributed by atoms with E-state index in [0.29, 0.717) is 5.69 Å². The van der Waals surface area contributed by atoms with Crippen LogP contribution in [0.4, 0.5) is 10.1 Å². The fraction of sp³-hybridized carbons (Fsp3) is 0.250. The van der Waals surface area contributed by atoms with E-state index < -0.39 is 23.2 Å². The Morgan fingerprint density at radius 1 is 1.38 bits per heavy atom. The zero-order valence-corrected chi connectivity index (χ0v) is 15.0. The Hall–Kier alpha value is -2.94. The third kappa shape index (κ3) is 3.25. The SMILES string of the molecule is Cl.Cn1cc(N2CC(C)(c3cc(C(N)=O)ccc3F)N=C(N)C2=O)cn1. The Labute approximate surface area is 155 Å². The maximum absolute atomic E-state index is 14.4. The van der Waals surface area contributed by atoms with E-state index >= 15 is 0 Å². The van der Waals surface area contributed by atoms with Crippen LogP contribution in [0.15, 0.2) is 35.6 Å². The van der Waals surface area contributed by atoms with Gasteiger partial charge in [0, 0.05) is 24.4 Å². The van der Waals surface area contributed by atoms with Crippen molar-refractivity contribution in [1.82, 2.24) is 9.78 Å². The van der Waals surface area contributed by atoms with Gasteiger partial charge in [-0.3, -0.25) is 24.2 Å². The lowest BCUT2D eigenvalue weighted by molar-refractivity contribution is -0.113. The van der Waals surface area contributed by atoms with E-state index in [9.17, 15) is 14.0 Å². The van der Waals surface area contributed by atoms with E-state index in [4.69, 9.17) is 11.5 Å². The fourth-order valence-electron chi connectivity index (χ4n) is 2.86. The molecule has 0 fully saturated rings. The summed E-state index contributed by atoms with van der Waals surface area (Å²) < 4.78 is 16.0. The number of primary amides is 1. The number of halogens is 2. The maximum Gasteiger partial charge on any atom is 0.293 e. The van der Waals surface area contributed by atoms with Crippen molar-refractivity contribution >= 4 is 35.7 Å². The zero-order chi connectivity index (χ0) is 18.4. The van der Waals surface area contributed by atoms with E-state index in [1.54, 1.807) is 20.2 Å². The van der Waals surface area contributed by atoms with Gasteiger partial charge in [0.2, 0.25) is 5.91 Å². The molecule has 0 radical (unpaired) electrons. The van der Waals surface area contributed by atoms with Gasteiger partial charge in [0.1, 0.15) is 11.4 Å². The number of amides is 2. The lowest BCUT2D eigenvalue weighted by Gasteiger charge is -2.36. The molecule has 8 nitrogen and oxygen atoms in total. The summed E-state index contributed by atoms with van der Waals surface area (Å²) in [5, 5.41) is 4.03. The number of anilines is 1. The fourth-order valence-corrected chi connectivity index (χ4v) is 2.86. The normalized spacial score (nSPS) is 19.7. The van der Waals surface area contributed by atoms with Crippen LogP contribution < -0.4 is 16.4 Å². The summed E-state index contributed by atoms with van der Waals surface area (Å²) in [6, 6.07) is 3.79. The zero-order valence-electron chi connectivity index (χ0n) is 14.1. The molecule has 3 rings (SSSR count). The molecule has 0 saturated heterocycles. The molecule has 0 spiro atoms. The highest BCUT2D eigenvalue weighted by atomic mass is 35.5. The molecular formula is C16H18ClFN6O2. The third-order valence-electron chi connectivity index (χ3n) is 4.13. The quantitative estimate of drug-likeness (QED) is 0.814. The molecule has 0 aliphatic carbocycles. The van der Waals surface area contributed by atoms with Gasteiger partial charge in [-0.15, -0.1) is 12.4 Å². The highest BCUT2D eigenvalue weighted by Gasteiger charge is 2.40. The van der Waals surface area contributed by atoms with Crippen molar-refractivity contribution in [1.29, 1.82) is 0 Å². The summed E-state index contributed by atoms with van der Waals surface area (Å²) in [6.07, 6.45) is 3.15. The molecule has 1 unspecified atom stereocenters. The van der Waals surface area contributed by atoms with Gasteiger partial charge in [-0.05, 0) is 25.1 Å². The molecule has 0 saturated carbocycles. The average Bonchev–Trinajstić information content (AvgIpc) is 2.97. The van der Waals surface area contributed by atoms with Crippen LogP contribution in [-0.4, -0.2) is 34.0 Å². The molecular weight excluding hydrogens is 363 g/mol. The van der Waals surface area contributed by atoms with E-state index in [1.165, 1.54) is 27.9 Å². The number of hydrogen-bond donors (Lipinski definition) is 2. The topological polar surface area (TPSA) is 120 Å². The Balaban J connectivity index is 0.00000243. The third-order valence-corrected chi connectivity index (χ3v) is 4.13. The van der Waals surface area contributed by atoms with Gasteiger partial charge in [0.15, 0.2) is 5.84 Å². The number of nitrogens with two attached hydrogens (primary N) is 2. The minimum Gasteiger partial charge on any atom is -0.379 e. The summed E-state index contributed by atoms with van der Waals surface area (Å²) in [7, 11) is 1.71. The van der Waals surface area contributed by atoms with Crippen LogP contribution in [0.3, 0.4) is 0 Å². The Morgan fingerprint density at radius 3 is 2.65 bits per heavy atom.